The lowest BCUT2D eigenvalue weighted by molar-refractivity contribution is -0.130. The minimum absolute atomic E-state index is 0.516. The van der Waals surface area contributed by atoms with Crippen molar-refractivity contribution >= 4 is 0 Å². The molecule has 44 valence electrons. The van der Waals surface area contributed by atoms with Crippen LogP contribution in [-0.4, -0.2) is 19.9 Å². The normalized spacial score (nSPS) is 10.3. The SMILES string of the molecule is FCCOC(F)F. The Hall–Kier alpha value is -0.250. The maximum Gasteiger partial charge on any atom is 0.345 e. The molecule has 0 amide bonds. The fraction of sp³-hybridized carbons (Fsp3) is 1.00. The van der Waals surface area contributed by atoms with Crippen LogP contribution < -0.4 is 0 Å². The predicted octanol–water partition coefficient (Wildman–Crippen LogP) is 1.20. The lowest BCUT2D eigenvalue weighted by Gasteiger charge is -1.94. The maximum atomic E-state index is 10.9. The van der Waals surface area contributed by atoms with E-state index in [0.29, 0.717) is 0 Å². The number of rotatable bonds is 3. The van der Waals surface area contributed by atoms with Gasteiger partial charge in [-0.3, -0.25) is 0 Å². The Bertz CT molecular complexity index is 39.2. The highest BCUT2D eigenvalue weighted by Gasteiger charge is 1.97. The standard InChI is InChI=1S/C3H5F3O/c4-1-2-7-3(5)6/h3H,1-2H2. The van der Waals surface area contributed by atoms with E-state index in [4.69, 9.17) is 0 Å². The molecule has 0 bridgehead atoms. The first kappa shape index (κ1) is 6.75. The van der Waals surface area contributed by atoms with Gasteiger partial charge in [0.2, 0.25) is 0 Å². The van der Waals surface area contributed by atoms with Gasteiger partial charge in [0.15, 0.2) is 0 Å². The van der Waals surface area contributed by atoms with E-state index >= 15 is 0 Å². The van der Waals surface area contributed by atoms with E-state index in [0.717, 1.165) is 0 Å². The summed E-state index contributed by atoms with van der Waals surface area (Å²) < 4.78 is 36.0. The van der Waals surface area contributed by atoms with Gasteiger partial charge >= 0.3 is 6.61 Å². The van der Waals surface area contributed by atoms with E-state index in [9.17, 15) is 13.2 Å². The Balaban J connectivity index is 2.68. The van der Waals surface area contributed by atoms with Gasteiger partial charge in [-0.25, -0.2) is 4.39 Å². The summed E-state index contributed by atoms with van der Waals surface area (Å²) in [7, 11) is 0. The molecule has 0 aliphatic rings. The van der Waals surface area contributed by atoms with Crippen molar-refractivity contribution in [2.45, 2.75) is 6.61 Å². The highest BCUT2D eigenvalue weighted by Crippen LogP contribution is 1.92. The first-order valence-electron chi connectivity index (χ1n) is 1.73. The van der Waals surface area contributed by atoms with Crippen molar-refractivity contribution in [3.63, 3.8) is 0 Å². The highest BCUT2D eigenvalue weighted by atomic mass is 19.3. The molecule has 0 aliphatic heterocycles. The number of alkyl halides is 3. The molecule has 0 unspecified atom stereocenters. The Kier molecular flexibility index (Phi) is 3.78. The first-order valence-corrected chi connectivity index (χ1v) is 1.73. The van der Waals surface area contributed by atoms with Crippen LogP contribution in [-0.2, 0) is 4.74 Å². The zero-order valence-electron chi connectivity index (χ0n) is 3.53. The Labute approximate surface area is 39.1 Å². The summed E-state index contributed by atoms with van der Waals surface area (Å²) in [6.07, 6.45) is 0. The molecular formula is C3H5F3O. The molecule has 1 nitrogen and oxygen atoms in total. The molecule has 0 heterocycles. The minimum atomic E-state index is -2.84. The number of ether oxygens (including phenoxy) is 1. The van der Waals surface area contributed by atoms with E-state index in [-0.39, 0.29) is 0 Å². The van der Waals surface area contributed by atoms with Crippen molar-refractivity contribution in [3.05, 3.63) is 0 Å². The van der Waals surface area contributed by atoms with Crippen LogP contribution in [0.25, 0.3) is 0 Å². The smallest absolute Gasteiger partial charge is 0.320 e. The predicted molar refractivity (Wildman–Crippen MR) is 17.9 cm³/mol. The molecule has 7 heavy (non-hydrogen) atoms. The zero-order chi connectivity index (χ0) is 5.70. The summed E-state index contributed by atoms with van der Waals surface area (Å²) in [5.41, 5.74) is 0. The third-order valence-electron chi connectivity index (χ3n) is 0.321. The highest BCUT2D eigenvalue weighted by molar-refractivity contribution is 4.19. The monoisotopic (exact) mass is 114 g/mol. The van der Waals surface area contributed by atoms with Gasteiger partial charge in [-0.15, -0.1) is 0 Å². The largest absolute Gasteiger partial charge is 0.345 e. The lowest BCUT2D eigenvalue weighted by atomic mass is 10.8. The zero-order valence-corrected chi connectivity index (χ0v) is 3.53. The average Bonchev–Trinajstić information content (AvgIpc) is 1.61. The fourth-order valence-electron chi connectivity index (χ4n) is 0.134. The summed E-state index contributed by atoms with van der Waals surface area (Å²) in [5, 5.41) is 0. The van der Waals surface area contributed by atoms with Gasteiger partial charge in [0, 0.05) is 0 Å². The molecule has 0 spiro atoms. The molecule has 4 heteroatoms. The molecule has 0 aliphatic carbocycles. The van der Waals surface area contributed by atoms with Crippen LogP contribution >= 0.6 is 0 Å². The maximum absolute atomic E-state index is 10.9. The van der Waals surface area contributed by atoms with Crippen LogP contribution in [0.1, 0.15) is 0 Å². The Morgan fingerprint density at radius 3 is 2.14 bits per heavy atom. The quantitative estimate of drug-likeness (QED) is 0.535. The van der Waals surface area contributed by atoms with Crippen LogP contribution in [0, 0.1) is 0 Å². The van der Waals surface area contributed by atoms with Gasteiger partial charge in [0.05, 0.1) is 6.61 Å². The lowest BCUT2D eigenvalue weighted by Crippen LogP contribution is -2.01. The van der Waals surface area contributed by atoms with Crippen LogP contribution in [0.15, 0.2) is 0 Å². The van der Waals surface area contributed by atoms with Gasteiger partial charge in [0.1, 0.15) is 6.67 Å². The Morgan fingerprint density at radius 2 is 2.00 bits per heavy atom. The number of hydrogen-bond acceptors (Lipinski definition) is 1. The molecular weight excluding hydrogens is 109 g/mol. The first-order chi connectivity index (χ1) is 3.27. The minimum Gasteiger partial charge on any atom is -0.320 e. The summed E-state index contributed by atoms with van der Waals surface area (Å²) in [6, 6.07) is 0. The second-order valence-corrected chi connectivity index (χ2v) is 0.820. The van der Waals surface area contributed by atoms with Crippen LogP contribution in [0.5, 0.6) is 0 Å². The molecule has 0 rings (SSSR count). The molecule has 0 aromatic heterocycles. The molecule has 0 saturated carbocycles. The van der Waals surface area contributed by atoms with Gasteiger partial charge in [0.25, 0.3) is 0 Å². The molecule has 0 fully saturated rings. The molecule has 0 aromatic rings. The van der Waals surface area contributed by atoms with Crippen molar-refractivity contribution in [1.29, 1.82) is 0 Å². The van der Waals surface area contributed by atoms with Crippen LogP contribution in [0.3, 0.4) is 0 Å². The van der Waals surface area contributed by atoms with E-state index in [1.54, 1.807) is 0 Å². The molecule has 0 radical (unpaired) electrons. The summed E-state index contributed by atoms with van der Waals surface area (Å²) in [4.78, 5) is 0. The number of halogens is 3. The Morgan fingerprint density at radius 1 is 1.43 bits per heavy atom. The topological polar surface area (TPSA) is 9.23 Å². The summed E-state index contributed by atoms with van der Waals surface area (Å²) >= 11 is 0. The van der Waals surface area contributed by atoms with Crippen molar-refractivity contribution in [2.75, 3.05) is 13.3 Å². The van der Waals surface area contributed by atoms with E-state index < -0.39 is 19.9 Å². The van der Waals surface area contributed by atoms with E-state index in [2.05, 4.69) is 4.74 Å². The molecule has 0 atom stereocenters. The molecule has 0 N–H and O–H groups in total. The summed E-state index contributed by atoms with van der Waals surface area (Å²) in [5.74, 6) is 0. The second-order valence-electron chi connectivity index (χ2n) is 0.820. The van der Waals surface area contributed by atoms with Gasteiger partial charge in [-0.2, -0.15) is 8.78 Å². The third kappa shape index (κ3) is 5.75. The van der Waals surface area contributed by atoms with E-state index in [1.807, 2.05) is 0 Å². The van der Waals surface area contributed by atoms with Crippen LogP contribution in [0.2, 0.25) is 0 Å². The second kappa shape index (κ2) is 3.92. The van der Waals surface area contributed by atoms with E-state index in [1.165, 1.54) is 0 Å². The van der Waals surface area contributed by atoms with Crippen LogP contribution in [0.4, 0.5) is 13.2 Å². The van der Waals surface area contributed by atoms with Crippen molar-refractivity contribution in [2.24, 2.45) is 0 Å². The van der Waals surface area contributed by atoms with Gasteiger partial charge < -0.3 is 4.74 Å². The van der Waals surface area contributed by atoms with Crippen molar-refractivity contribution < 1.29 is 17.9 Å². The number of hydrogen-bond donors (Lipinski definition) is 0. The van der Waals surface area contributed by atoms with Crippen molar-refractivity contribution in [1.82, 2.24) is 0 Å². The average molecular weight is 114 g/mol. The molecule has 0 aromatic carbocycles. The third-order valence-corrected chi connectivity index (χ3v) is 0.321. The summed E-state index contributed by atoms with van der Waals surface area (Å²) in [6.45, 7) is -4.21. The van der Waals surface area contributed by atoms with Crippen molar-refractivity contribution in [3.8, 4) is 0 Å². The van der Waals surface area contributed by atoms with Gasteiger partial charge in [-0.1, -0.05) is 0 Å². The fourth-order valence-corrected chi connectivity index (χ4v) is 0.134. The van der Waals surface area contributed by atoms with Gasteiger partial charge in [-0.05, 0) is 0 Å². The molecule has 0 saturated heterocycles.